The van der Waals surface area contributed by atoms with E-state index >= 15 is 0 Å². The van der Waals surface area contributed by atoms with E-state index < -0.39 is 0 Å². The first kappa shape index (κ1) is 14.7. The van der Waals surface area contributed by atoms with E-state index in [-0.39, 0.29) is 31.0 Å². The van der Waals surface area contributed by atoms with E-state index in [1.807, 2.05) is 36.4 Å². The number of aliphatic hydroxyl groups is 1. The Balaban J connectivity index is 1.54. The number of benzene rings is 1. The minimum absolute atomic E-state index is 0.00308. The summed E-state index contributed by atoms with van der Waals surface area (Å²) in [7, 11) is 0. The largest absolute Gasteiger partial charge is 0.491 e. The van der Waals surface area contributed by atoms with E-state index in [0.717, 1.165) is 17.7 Å². The van der Waals surface area contributed by atoms with Crippen LogP contribution >= 0.6 is 0 Å². The Morgan fingerprint density at radius 1 is 1.32 bits per heavy atom. The number of amides is 1. The molecule has 1 aromatic carbocycles. The molecule has 5 nitrogen and oxygen atoms in total. The number of aliphatic hydroxyl groups excluding tert-OH is 1. The number of rotatable bonds is 7. The highest BCUT2D eigenvalue weighted by molar-refractivity contribution is 5.82. The highest BCUT2D eigenvalue weighted by Crippen LogP contribution is 2.47. The van der Waals surface area contributed by atoms with Crippen molar-refractivity contribution in [3.8, 4) is 5.75 Å². The Morgan fingerprint density at radius 3 is 2.95 bits per heavy atom. The summed E-state index contributed by atoms with van der Waals surface area (Å²) >= 11 is 0. The highest BCUT2D eigenvalue weighted by Gasteiger charge is 2.45. The lowest BCUT2D eigenvalue weighted by Crippen LogP contribution is -2.25. The van der Waals surface area contributed by atoms with Crippen LogP contribution in [0.3, 0.4) is 0 Å². The predicted octanol–water partition coefficient (Wildman–Crippen LogP) is 2.07. The van der Waals surface area contributed by atoms with Crippen LogP contribution in [0.5, 0.6) is 5.75 Å². The summed E-state index contributed by atoms with van der Waals surface area (Å²) in [5.74, 6) is 1.81. The van der Waals surface area contributed by atoms with Crippen molar-refractivity contribution in [2.24, 2.45) is 5.92 Å². The second kappa shape index (κ2) is 6.66. The molecule has 1 aliphatic rings. The van der Waals surface area contributed by atoms with Gasteiger partial charge in [-0.15, -0.1) is 0 Å². The minimum atomic E-state index is -0.0341. The molecule has 0 saturated heterocycles. The number of nitrogens with one attached hydrogen (secondary N) is 1. The van der Waals surface area contributed by atoms with Gasteiger partial charge < -0.3 is 19.6 Å². The number of carbonyl (C=O) groups is 1. The van der Waals surface area contributed by atoms with E-state index in [2.05, 4.69) is 5.32 Å². The maximum absolute atomic E-state index is 12.2. The van der Waals surface area contributed by atoms with E-state index in [1.54, 1.807) is 6.26 Å². The van der Waals surface area contributed by atoms with Crippen molar-refractivity contribution in [1.82, 2.24) is 5.32 Å². The van der Waals surface area contributed by atoms with Crippen LogP contribution in [-0.4, -0.2) is 24.2 Å². The van der Waals surface area contributed by atoms with Crippen LogP contribution in [0.15, 0.2) is 47.1 Å². The van der Waals surface area contributed by atoms with Gasteiger partial charge >= 0.3 is 0 Å². The Morgan fingerprint density at radius 2 is 2.18 bits per heavy atom. The maximum atomic E-state index is 12.2. The molecule has 116 valence electrons. The average Bonchev–Trinajstić information content (AvgIpc) is 3.17. The molecule has 1 amide bonds. The quantitative estimate of drug-likeness (QED) is 0.821. The van der Waals surface area contributed by atoms with Crippen molar-refractivity contribution >= 4 is 5.91 Å². The fraction of sp³-hybridized carbons (Fsp3) is 0.353. The van der Waals surface area contributed by atoms with Crippen LogP contribution < -0.4 is 10.1 Å². The van der Waals surface area contributed by atoms with Crippen LogP contribution in [0.1, 0.15) is 23.7 Å². The van der Waals surface area contributed by atoms with Crippen molar-refractivity contribution in [3.05, 3.63) is 54.0 Å². The van der Waals surface area contributed by atoms with Gasteiger partial charge in [0.2, 0.25) is 5.91 Å². The van der Waals surface area contributed by atoms with Crippen LogP contribution in [-0.2, 0) is 11.3 Å². The molecule has 1 fully saturated rings. The first-order valence-corrected chi connectivity index (χ1v) is 7.42. The number of ether oxygens (including phenoxy) is 1. The molecule has 0 bridgehead atoms. The fourth-order valence-corrected chi connectivity index (χ4v) is 2.56. The molecule has 1 aromatic heterocycles. The fourth-order valence-electron chi connectivity index (χ4n) is 2.56. The van der Waals surface area contributed by atoms with Crippen LogP contribution in [0.25, 0.3) is 0 Å². The number of carbonyl (C=O) groups excluding carboxylic acids is 1. The number of hydrogen-bond acceptors (Lipinski definition) is 4. The molecule has 22 heavy (non-hydrogen) atoms. The molecule has 5 heteroatoms. The Bertz CT molecular complexity index is 623. The summed E-state index contributed by atoms with van der Waals surface area (Å²) in [6.07, 6.45) is 2.47. The van der Waals surface area contributed by atoms with Gasteiger partial charge in [-0.25, -0.2) is 0 Å². The smallest absolute Gasteiger partial charge is 0.224 e. The van der Waals surface area contributed by atoms with Gasteiger partial charge in [0.15, 0.2) is 0 Å². The molecule has 2 N–H and O–H groups in total. The maximum Gasteiger partial charge on any atom is 0.224 e. The summed E-state index contributed by atoms with van der Waals surface area (Å²) in [6, 6.07) is 11.3. The van der Waals surface area contributed by atoms with E-state index in [9.17, 15) is 4.79 Å². The van der Waals surface area contributed by atoms with E-state index in [4.69, 9.17) is 14.3 Å². The Labute approximate surface area is 128 Å². The Hall–Kier alpha value is -2.27. The third kappa shape index (κ3) is 3.31. The van der Waals surface area contributed by atoms with Gasteiger partial charge in [-0.3, -0.25) is 4.79 Å². The molecule has 2 atom stereocenters. The monoisotopic (exact) mass is 301 g/mol. The van der Waals surface area contributed by atoms with Gasteiger partial charge in [0.05, 0.1) is 12.9 Å². The zero-order chi connectivity index (χ0) is 15.4. The van der Waals surface area contributed by atoms with Gasteiger partial charge in [0, 0.05) is 23.9 Å². The lowest BCUT2D eigenvalue weighted by Gasteiger charge is -2.11. The molecule has 3 rings (SSSR count). The lowest BCUT2D eigenvalue weighted by atomic mass is 10.2. The summed E-state index contributed by atoms with van der Waals surface area (Å²) in [4.78, 5) is 12.2. The van der Waals surface area contributed by atoms with E-state index in [1.165, 1.54) is 0 Å². The molecule has 2 unspecified atom stereocenters. The first-order chi connectivity index (χ1) is 10.8. The second-order valence-electron chi connectivity index (χ2n) is 5.36. The number of furan rings is 1. The third-order valence-electron chi connectivity index (χ3n) is 3.81. The first-order valence-electron chi connectivity index (χ1n) is 7.42. The number of hydrogen-bond donors (Lipinski definition) is 2. The molecule has 1 heterocycles. The summed E-state index contributed by atoms with van der Waals surface area (Å²) in [5, 5.41) is 11.8. The van der Waals surface area contributed by atoms with Crippen molar-refractivity contribution in [3.63, 3.8) is 0 Å². The zero-order valence-corrected chi connectivity index (χ0v) is 12.2. The van der Waals surface area contributed by atoms with Crippen molar-refractivity contribution in [1.29, 1.82) is 0 Å². The molecule has 1 saturated carbocycles. The standard InChI is InChI=1S/C17H19NO4/c19-7-9-22-15-5-2-1-4-12(15)11-18-17(20)14-10-13(14)16-6-3-8-21-16/h1-6,8,13-14,19H,7,9-11H2,(H,18,20). The molecule has 1 aliphatic carbocycles. The van der Waals surface area contributed by atoms with E-state index in [0.29, 0.717) is 12.3 Å². The third-order valence-corrected chi connectivity index (χ3v) is 3.81. The zero-order valence-electron chi connectivity index (χ0n) is 12.2. The molecule has 2 aromatic rings. The van der Waals surface area contributed by atoms with Gasteiger partial charge in [0.1, 0.15) is 18.1 Å². The molecule has 0 spiro atoms. The normalized spacial score (nSPS) is 19.7. The SMILES string of the molecule is O=C(NCc1ccccc1OCCO)C1CC1c1ccco1. The van der Waals surface area contributed by atoms with Crippen LogP contribution in [0.2, 0.25) is 0 Å². The average molecular weight is 301 g/mol. The predicted molar refractivity (Wildman–Crippen MR) is 80.4 cm³/mol. The minimum Gasteiger partial charge on any atom is -0.491 e. The highest BCUT2D eigenvalue weighted by atomic mass is 16.5. The van der Waals surface area contributed by atoms with Crippen LogP contribution in [0, 0.1) is 5.92 Å². The van der Waals surface area contributed by atoms with Gasteiger partial charge in [-0.2, -0.15) is 0 Å². The summed E-state index contributed by atoms with van der Waals surface area (Å²) in [6.45, 7) is 0.629. The summed E-state index contributed by atoms with van der Waals surface area (Å²) < 4.78 is 10.8. The molecule has 0 radical (unpaired) electrons. The van der Waals surface area contributed by atoms with Crippen molar-refractivity contribution in [2.75, 3.05) is 13.2 Å². The second-order valence-corrected chi connectivity index (χ2v) is 5.36. The van der Waals surface area contributed by atoms with Gasteiger partial charge in [0.25, 0.3) is 0 Å². The Kier molecular flexibility index (Phi) is 4.44. The number of para-hydroxylation sites is 1. The lowest BCUT2D eigenvalue weighted by molar-refractivity contribution is -0.122. The topological polar surface area (TPSA) is 71.7 Å². The summed E-state index contributed by atoms with van der Waals surface area (Å²) in [5.41, 5.74) is 0.902. The molecular formula is C17H19NO4. The van der Waals surface area contributed by atoms with Gasteiger partial charge in [-0.1, -0.05) is 18.2 Å². The molecular weight excluding hydrogens is 282 g/mol. The van der Waals surface area contributed by atoms with Crippen molar-refractivity contribution in [2.45, 2.75) is 18.9 Å². The molecule has 0 aliphatic heterocycles. The van der Waals surface area contributed by atoms with Gasteiger partial charge in [-0.05, 0) is 24.6 Å². The van der Waals surface area contributed by atoms with Crippen LogP contribution in [0.4, 0.5) is 0 Å². The van der Waals surface area contributed by atoms with Crippen molar-refractivity contribution < 1.29 is 19.1 Å².